The molecule has 150 valence electrons. The van der Waals surface area contributed by atoms with Crippen LogP contribution in [0.2, 0.25) is 0 Å². The van der Waals surface area contributed by atoms with E-state index in [0.717, 1.165) is 48.5 Å². The fourth-order valence-electron chi connectivity index (χ4n) is 3.72. The predicted octanol–water partition coefficient (Wildman–Crippen LogP) is 4.15. The third-order valence-corrected chi connectivity index (χ3v) is 5.44. The summed E-state index contributed by atoms with van der Waals surface area (Å²) in [7, 11) is 0. The van der Waals surface area contributed by atoms with Crippen LogP contribution >= 0.6 is 0 Å². The highest BCUT2D eigenvalue weighted by Gasteiger charge is 2.10. The van der Waals surface area contributed by atoms with Crippen LogP contribution in [0, 0.1) is 6.92 Å². The molecule has 3 aromatic carbocycles. The maximum absolute atomic E-state index is 4.68. The number of benzene rings is 3. The first-order chi connectivity index (χ1) is 14.7. The van der Waals surface area contributed by atoms with Gasteiger partial charge in [0.25, 0.3) is 0 Å². The number of nitrogens with one attached hydrogen (secondary N) is 2. The predicted molar refractivity (Wildman–Crippen MR) is 122 cm³/mol. The van der Waals surface area contributed by atoms with Gasteiger partial charge in [-0.25, -0.2) is 4.98 Å². The van der Waals surface area contributed by atoms with Crippen molar-refractivity contribution in [2.24, 2.45) is 0 Å². The highest BCUT2D eigenvalue weighted by Crippen LogP contribution is 2.24. The van der Waals surface area contributed by atoms with Crippen molar-refractivity contribution in [3.8, 4) is 11.1 Å². The van der Waals surface area contributed by atoms with Crippen LogP contribution in [-0.4, -0.2) is 41.4 Å². The molecule has 1 saturated heterocycles. The molecule has 0 spiro atoms. The summed E-state index contributed by atoms with van der Waals surface area (Å²) in [5.74, 6) is 0.499. The van der Waals surface area contributed by atoms with E-state index >= 15 is 0 Å². The van der Waals surface area contributed by atoms with Crippen LogP contribution in [0.4, 0.5) is 17.3 Å². The van der Waals surface area contributed by atoms with Crippen LogP contribution in [0.15, 0.2) is 66.7 Å². The Morgan fingerprint density at radius 2 is 1.53 bits per heavy atom. The Hall–Kier alpha value is -3.51. The topological polar surface area (TPSA) is 66.0 Å². The molecule has 4 aromatic rings. The normalized spacial score (nSPS) is 14.1. The molecule has 1 aromatic heterocycles. The zero-order valence-corrected chi connectivity index (χ0v) is 17.0. The first-order valence-electron chi connectivity index (χ1n) is 10.3. The van der Waals surface area contributed by atoms with E-state index in [-0.39, 0.29) is 0 Å². The fraction of sp³-hybridized carbons (Fsp3) is 0.208. The van der Waals surface area contributed by atoms with Crippen molar-refractivity contribution in [3.63, 3.8) is 0 Å². The Morgan fingerprint density at radius 3 is 2.30 bits per heavy atom. The molecule has 0 bridgehead atoms. The summed E-state index contributed by atoms with van der Waals surface area (Å²) in [5.41, 5.74) is 7.33. The highest BCUT2D eigenvalue weighted by atomic mass is 15.2. The quantitative estimate of drug-likeness (QED) is 0.540. The Kier molecular flexibility index (Phi) is 4.99. The molecular weight excluding hydrogens is 372 g/mol. The smallest absolute Gasteiger partial charge is 0.247 e. The monoisotopic (exact) mass is 396 g/mol. The molecule has 5 rings (SSSR count). The van der Waals surface area contributed by atoms with Crippen molar-refractivity contribution in [1.29, 1.82) is 0 Å². The van der Waals surface area contributed by atoms with Crippen LogP contribution < -0.4 is 15.5 Å². The number of fused-ring (bicyclic) bond motifs is 1. The number of hydrogen-bond acceptors (Lipinski definition) is 6. The summed E-state index contributed by atoms with van der Waals surface area (Å²) >= 11 is 0. The van der Waals surface area contributed by atoms with Gasteiger partial charge in [-0.1, -0.05) is 35.9 Å². The van der Waals surface area contributed by atoms with Gasteiger partial charge in [-0.3, -0.25) is 0 Å². The summed E-state index contributed by atoms with van der Waals surface area (Å²) in [6.07, 6.45) is 0. The number of aryl methyl sites for hydroxylation is 1. The molecule has 0 atom stereocenters. The van der Waals surface area contributed by atoms with E-state index in [4.69, 9.17) is 0 Å². The molecular formula is C24H24N6. The zero-order chi connectivity index (χ0) is 20.3. The minimum atomic E-state index is 0.499. The first-order valence-corrected chi connectivity index (χ1v) is 10.3. The molecule has 0 amide bonds. The second-order valence-corrected chi connectivity index (χ2v) is 7.61. The summed E-state index contributed by atoms with van der Waals surface area (Å²) in [5, 5.41) is 15.2. The maximum Gasteiger partial charge on any atom is 0.247 e. The largest absolute Gasteiger partial charge is 0.369 e. The highest BCUT2D eigenvalue weighted by molar-refractivity contribution is 5.82. The van der Waals surface area contributed by atoms with E-state index in [1.54, 1.807) is 0 Å². The van der Waals surface area contributed by atoms with Gasteiger partial charge in [0.1, 0.15) is 5.52 Å². The second kappa shape index (κ2) is 8.08. The number of anilines is 3. The minimum absolute atomic E-state index is 0.499. The van der Waals surface area contributed by atoms with Crippen molar-refractivity contribution in [2.75, 3.05) is 36.4 Å². The molecule has 0 radical (unpaired) electrons. The number of hydrogen-bond donors (Lipinski definition) is 2. The Bertz CT molecular complexity index is 1150. The Balaban J connectivity index is 1.37. The number of aromatic nitrogens is 3. The molecule has 6 nitrogen and oxygen atoms in total. The van der Waals surface area contributed by atoms with Crippen molar-refractivity contribution < 1.29 is 0 Å². The lowest BCUT2D eigenvalue weighted by Crippen LogP contribution is -2.43. The molecule has 30 heavy (non-hydrogen) atoms. The number of piperazine rings is 1. The average molecular weight is 396 g/mol. The van der Waals surface area contributed by atoms with Gasteiger partial charge >= 0.3 is 0 Å². The van der Waals surface area contributed by atoms with E-state index in [0.29, 0.717) is 5.95 Å². The number of rotatable bonds is 4. The van der Waals surface area contributed by atoms with Gasteiger partial charge in [-0.2, -0.15) is 0 Å². The molecule has 0 aliphatic carbocycles. The van der Waals surface area contributed by atoms with Crippen molar-refractivity contribution >= 4 is 28.4 Å². The van der Waals surface area contributed by atoms with E-state index in [1.807, 2.05) is 6.07 Å². The van der Waals surface area contributed by atoms with Gasteiger partial charge in [-0.05, 0) is 54.4 Å². The molecule has 0 unspecified atom stereocenters. The van der Waals surface area contributed by atoms with Gasteiger partial charge < -0.3 is 15.5 Å². The number of nitrogens with zero attached hydrogens (tertiary/aromatic N) is 4. The van der Waals surface area contributed by atoms with Crippen molar-refractivity contribution in [1.82, 2.24) is 20.5 Å². The van der Waals surface area contributed by atoms with Gasteiger partial charge in [0.05, 0.1) is 5.52 Å². The zero-order valence-electron chi connectivity index (χ0n) is 17.0. The van der Waals surface area contributed by atoms with E-state index in [2.05, 4.69) is 98.3 Å². The van der Waals surface area contributed by atoms with Gasteiger partial charge in [0.15, 0.2) is 0 Å². The van der Waals surface area contributed by atoms with E-state index in [1.165, 1.54) is 16.8 Å². The summed E-state index contributed by atoms with van der Waals surface area (Å²) in [6.45, 7) is 6.22. The summed E-state index contributed by atoms with van der Waals surface area (Å²) in [4.78, 5) is 7.07. The first kappa shape index (κ1) is 18.5. The lowest BCUT2D eigenvalue weighted by atomic mass is 10.0. The molecule has 2 heterocycles. The minimum Gasteiger partial charge on any atom is -0.369 e. The third kappa shape index (κ3) is 3.95. The van der Waals surface area contributed by atoms with Crippen LogP contribution in [0.1, 0.15) is 5.56 Å². The lowest BCUT2D eigenvalue weighted by molar-refractivity contribution is 0.589. The third-order valence-electron chi connectivity index (χ3n) is 5.44. The molecule has 1 aliphatic heterocycles. The molecule has 6 heteroatoms. The molecule has 2 N–H and O–H groups in total. The standard InChI is InChI=1S/C24H24N6/c1-17-2-4-18(5-3-17)19-6-11-22-23(16-19)27-24(29-28-22)26-20-7-9-21(10-8-20)30-14-12-25-13-15-30/h2-11,16,25H,12-15H2,1H3,(H,26,27,29). The fourth-order valence-corrected chi connectivity index (χ4v) is 3.72. The summed E-state index contributed by atoms with van der Waals surface area (Å²) in [6, 6.07) is 23.0. The molecule has 0 saturated carbocycles. The average Bonchev–Trinajstić information content (AvgIpc) is 2.80. The van der Waals surface area contributed by atoms with Gasteiger partial charge in [-0.15, -0.1) is 10.2 Å². The van der Waals surface area contributed by atoms with Gasteiger partial charge in [0, 0.05) is 37.6 Å². The van der Waals surface area contributed by atoms with E-state index < -0.39 is 0 Å². The molecule has 1 aliphatic rings. The second-order valence-electron chi connectivity index (χ2n) is 7.61. The Labute approximate surface area is 176 Å². The van der Waals surface area contributed by atoms with Crippen LogP contribution in [0.3, 0.4) is 0 Å². The van der Waals surface area contributed by atoms with Crippen molar-refractivity contribution in [3.05, 3.63) is 72.3 Å². The maximum atomic E-state index is 4.68. The Morgan fingerprint density at radius 1 is 0.800 bits per heavy atom. The van der Waals surface area contributed by atoms with E-state index in [9.17, 15) is 0 Å². The van der Waals surface area contributed by atoms with Crippen LogP contribution in [-0.2, 0) is 0 Å². The van der Waals surface area contributed by atoms with Gasteiger partial charge in [0.2, 0.25) is 5.95 Å². The van der Waals surface area contributed by atoms with Crippen LogP contribution in [0.25, 0.3) is 22.2 Å². The lowest BCUT2D eigenvalue weighted by Gasteiger charge is -2.29. The summed E-state index contributed by atoms with van der Waals surface area (Å²) < 4.78 is 0. The van der Waals surface area contributed by atoms with Crippen molar-refractivity contribution in [2.45, 2.75) is 6.92 Å². The molecule has 1 fully saturated rings. The van der Waals surface area contributed by atoms with Crippen LogP contribution in [0.5, 0.6) is 0 Å². The SMILES string of the molecule is Cc1ccc(-c2ccc3nnc(Nc4ccc(N5CCNCC5)cc4)nc3c2)cc1.